The molecule has 3 aromatic rings. The minimum absolute atomic E-state index is 0.186. The fraction of sp³-hybridized carbons (Fsp3) is 0.250. The first-order valence-corrected chi connectivity index (χ1v) is 9.93. The van der Waals surface area contributed by atoms with E-state index in [1.807, 2.05) is 72.8 Å². The predicted octanol–water partition coefficient (Wildman–Crippen LogP) is 4.71. The Balaban J connectivity index is 1.61. The van der Waals surface area contributed by atoms with E-state index in [0.717, 1.165) is 29.2 Å². The Labute approximate surface area is 176 Å². The number of hydrogen-bond acceptors (Lipinski definition) is 5. The second kappa shape index (κ2) is 10.9. The zero-order chi connectivity index (χ0) is 21.2. The van der Waals surface area contributed by atoms with Crippen molar-refractivity contribution in [1.29, 1.82) is 0 Å². The number of anilines is 2. The van der Waals surface area contributed by atoms with Crippen LogP contribution in [0, 0.1) is 0 Å². The van der Waals surface area contributed by atoms with Crippen molar-refractivity contribution < 1.29 is 19.4 Å². The molecule has 0 aliphatic carbocycles. The fourth-order valence-electron chi connectivity index (χ4n) is 3.10. The van der Waals surface area contributed by atoms with Gasteiger partial charge in [-0.15, -0.1) is 0 Å². The van der Waals surface area contributed by atoms with Crippen LogP contribution in [0.2, 0.25) is 0 Å². The van der Waals surface area contributed by atoms with Crippen LogP contribution in [0.1, 0.15) is 18.4 Å². The lowest BCUT2D eigenvalue weighted by atomic mass is 10.1. The number of carbonyl (C=O) groups is 1. The maximum atomic E-state index is 10.6. The van der Waals surface area contributed by atoms with Gasteiger partial charge in [0, 0.05) is 18.2 Å². The molecule has 3 rings (SSSR count). The summed E-state index contributed by atoms with van der Waals surface area (Å²) in [4.78, 5) is 17.3. The number of aryl methyl sites for hydroxylation is 1. The van der Waals surface area contributed by atoms with Gasteiger partial charge in [-0.3, -0.25) is 4.79 Å². The van der Waals surface area contributed by atoms with E-state index in [0.29, 0.717) is 25.5 Å². The molecule has 156 valence electrons. The lowest BCUT2D eigenvalue weighted by molar-refractivity contribution is -0.137. The van der Waals surface area contributed by atoms with E-state index < -0.39 is 5.97 Å². The van der Waals surface area contributed by atoms with Crippen LogP contribution in [-0.4, -0.2) is 36.3 Å². The van der Waals surface area contributed by atoms with Crippen LogP contribution in [0.25, 0.3) is 0 Å². The van der Waals surface area contributed by atoms with Crippen molar-refractivity contribution in [3.8, 4) is 11.6 Å². The Hall–Kier alpha value is -3.54. The number of ether oxygens (including phenoxy) is 2. The summed E-state index contributed by atoms with van der Waals surface area (Å²) in [5.41, 5.74) is 2.13. The lowest BCUT2D eigenvalue weighted by Crippen LogP contribution is -2.24. The molecule has 0 fully saturated rings. The van der Waals surface area contributed by atoms with E-state index in [1.54, 1.807) is 7.11 Å². The third-order valence-electron chi connectivity index (χ3n) is 4.63. The number of methoxy groups -OCH3 is 1. The van der Waals surface area contributed by atoms with Gasteiger partial charge >= 0.3 is 5.97 Å². The molecule has 2 aromatic carbocycles. The van der Waals surface area contributed by atoms with Crippen LogP contribution < -0.4 is 14.4 Å². The molecule has 0 unspecified atom stereocenters. The van der Waals surface area contributed by atoms with Crippen molar-refractivity contribution in [3.05, 3.63) is 78.4 Å². The highest BCUT2D eigenvalue weighted by Crippen LogP contribution is 2.25. The number of aliphatic carboxylic acids is 1. The van der Waals surface area contributed by atoms with Crippen LogP contribution in [0.4, 0.5) is 11.5 Å². The largest absolute Gasteiger partial charge is 0.492 e. The van der Waals surface area contributed by atoms with Gasteiger partial charge in [0.25, 0.3) is 0 Å². The summed E-state index contributed by atoms with van der Waals surface area (Å²) in [5.74, 6) is 1.37. The van der Waals surface area contributed by atoms with Gasteiger partial charge in [0.2, 0.25) is 5.88 Å². The van der Waals surface area contributed by atoms with Crippen molar-refractivity contribution in [2.24, 2.45) is 0 Å². The highest BCUT2D eigenvalue weighted by atomic mass is 16.5. The number of benzene rings is 2. The minimum Gasteiger partial charge on any atom is -0.492 e. The third kappa shape index (κ3) is 6.24. The molecule has 0 bridgehead atoms. The molecule has 0 saturated heterocycles. The van der Waals surface area contributed by atoms with Gasteiger partial charge in [-0.2, -0.15) is 4.98 Å². The molecule has 0 aliphatic heterocycles. The Kier molecular flexibility index (Phi) is 7.66. The first-order chi connectivity index (χ1) is 14.7. The molecule has 6 nitrogen and oxygen atoms in total. The van der Waals surface area contributed by atoms with E-state index in [4.69, 9.17) is 14.6 Å². The second-order valence-electron chi connectivity index (χ2n) is 6.77. The lowest BCUT2D eigenvalue weighted by Gasteiger charge is -2.24. The molecule has 1 aromatic heterocycles. The van der Waals surface area contributed by atoms with E-state index >= 15 is 0 Å². The van der Waals surface area contributed by atoms with Crippen molar-refractivity contribution in [2.45, 2.75) is 19.3 Å². The SMILES string of the molecule is COc1cccc(N(CCOc2ccc(CCCC(=O)O)cc2)c2ccccc2)n1. The number of nitrogens with zero attached hydrogens (tertiary/aromatic N) is 2. The number of rotatable bonds is 11. The van der Waals surface area contributed by atoms with Gasteiger partial charge in [-0.1, -0.05) is 36.4 Å². The molecule has 0 radical (unpaired) electrons. The quantitative estimate of drug-likeness (QED) is 0.497. The Morgan fingerprint density at radius 1 is 1.00 bits per heavy atom. The number of pyridine rings is 1. The van der Waals surface area contributed by atoms with Gasteiger partial charge < -0.3 is 19.5 Å². The summed E-state index contributed by atoms with van der Waals surface area (Å²) < 4.78 is 11.2. The molecule has 0 atom stereocenters. The van der Waals surface area contributed by atoms with Gasteiger partial charge in [0.15, 0.2) is 0 Å². The number of carboxylic acid groups (broad SMARTS) is 1. The summed E-state index contributed by atoms with van der Waals surface area (Å²) in [6.45, 7) is 1.09. The number of carboxylic acids is 1. The summed E-state index contributed by atoms with van der Waals surface area (Å²) in [7, 11) is 1.60. The monoisotopic (exact) mass is 406 g/mol. The number of hydrogen-bond donors (Lipinski definition) is 1. The average Bonchev–Trinajstić information content (AvgIpc) is 2.78. The van der Waals surface area contributed by atoms with Gasteiger partial charge in [-0.25, -0.2) is 0 Å². The first-order valence-electron chi connectivity index (χ1n) is 9.93. The van der Waals surface area contributed by atoms with Crippen molar-refractivity contribution in [1.82, 2.24) is 4.98 Å². The Bertz CT molecular complexity index is 929. The van der Waals surface area contributed by atoms with Gasteiger partial charge in [0.1, 0.15) is 18.2 Å². The first kappa shape index (κ1) is 21.2. The van der Waals surface area contributed by atoms with Crippen LogP contribution in [0.15, 0.2) is 72.8 Å². The number of para-hydroxylation sites is 1. The molecule has 0 aliphatic rings. The van der Waals surface area contributed by atoms with Crippen LogP contribution in [0.3, 0.4) is 0 Å². The van der Waals surface area contributed by atoms with Crippen molar-refractivity contribution in [3.63, 3.8) is 0 Å². The zero-order valence-corrected chi connectivity index (χ0v) is 17.0. The van der Waals surface area contributed by atoms with Gasteiger partial charge in [0.05, 0.1) is 13.7 Å². The Morgan fingerprint density at radius 3 is 2.47 bits per heavy atom. The summed E-state index contributed by atoms with van der Waals surface area (Å²) in [6.07, 6.45) is 1.57. The van der Waals surface area contributed by atoms with Crippen LogP contribution >= 0.6 is 0 Å². The maximum Gasteiger partial charge on any atom is 0.303 e. The van der Waals surface area contributed by atoms with Crippen LogP contribution in [0.5, 0.6) is 11.6 Å². The standard InChI is InChI=1S/C24H26N2O4/c1-29-23-11-6-10-22(25-23)26(20-8-3-2-4-9-20)17-18-30-21-15-13-19(14-16-21)7-5-12-24(27)28/h2-4,6,8-11,13-16H,5,7,12,17-18H2,1H3,(H,27,28). The van der Waals surface area contributed by atoms with E-state index in [9.17, 15) is 4.79 Å². The van der Waals surface area contributed by atoms with Crippen molar-refractivity contribution in [2.75, 3.05) is 25.2 Å². The summed E-state index contributed by atoms with van der Waals surface area (Å²) in [6, 6.07) is 23.5. The zero-order valence-electron chi connectivity index (χ0n) is 17.0. The normalized spacial score (nSPS) is 10.4. The van der Waals surface area contributed by atoms with E-state index in [2.05, 4.69) is 9.88 Å². The van der Waals surface area contributed by atoms with Crippen LogP contribution in [-0.2, 0) is 11.2 Å². The number of aromatic nitrogens is 1. The topological polar surface area (TPSA) is 71.9 Å². The Morgan fingerprint density at radius 2 is 1.77 bits per heavy atom. The van der Waals surface area contributed by atoms with Crippen molar-refractivity contribution >= 4 is 17.5 Å². The molecule has 1 N–H and O–H groups in total. The maximum absolute atomic E-state index is 10.6. The molecule has 0 amide bonds. The molecule has 0 saturated carbocycles. The molecule has 0 spiro atoms. The molecule has 6 heteroatoms. The third-order valence-corrected chi connectivity index (χ3v) is 4.63. The van der Waals surface area contributed by atoms with E-state index in [1.165, 1.54) is 0 Å². The highest BCUT2D eigenvalue weighted by molar-refractivity contribution is 5.66. The molecular weight excluding hydrogens is 380 g/mol. The summed E-state index contributed by atoms with van der Waals surface area (Å²) in [5, 5.41) is 8.74. The molecule has 30 heavy (non-hydrogen) atoms. The summed E-state index contributed by atoms with van der Waals surface area (Å²) >= 11 is 0. The molecule has 1 heterocycles. The molecular formula is C24H26N2O4. The fourth-order valence-corrected chi connectivity index (χ4v) is 3.10. The average molecular weight is 406 g/mol. The van der Waals surface area contributed by atoms with Gasteiger partial charge in [-0.05, 0) is 48.7 Å². The smallest absolute Gasteiger partial charge is 0.303 e. The van der Waals surface area contributed by atoms with E-state index in [-0.39, 0.29) is 6.42 Å². The predicted molar refractivity (Wildman–Crippen MR) is 117 cm³/mol. The minimum atomic E-state index is -0.761. The highest BCUT2D eigenvalue weighted by Gasteiger charge is 2.12. The second-order valence-corrected chi connectivity index (χ2v) is 6.77.